The fraction of sp³-hybridized carbons (Fsp3) is 0.588. The van der Waals surface area contributed by atoms with Gasteiger partial charge in [-0.15, -0.1) is 0 Å². The molecule has 0 saturated carbocycles. The van der Waals surface area contributed by atoms with Gasteiger partial charge in [0, 0.05) is 32.6 Å². The van der Waals surface area contributed by atoms with Gasteiger partial charge in [-0.2, -0.15) is 0 Å². The first kappa shape index (κ1) is 16.6. The van der Waals surface area contributed by atoms with Crippen molar-refractivity contribution in [2.45, 2.75) is 19.8 Å². The predicted octanol–water partition coefficient (Wildman–Crippen LogP) is 1.70. The molecule has 5 nitrogen and oxygen atoms in total. The Morgan fingerprint density at radius 1 is 1.27 bits per heavy atom. The summed E-state index contributed by atoms with van der Waals surface area (Å²) in [4.78, 5) is 14.3. The molecule has 1 aliphatic rings. The van der Waals surface area contributed by atoms with Crippen LogP contribution < -0.4 is 14.8 Å². The molecule has 1 aromatic rings. The molecule has 0 radical (unpaired) electrons. The van der Waals surface area contributed by atoms with Gasteiger partial charge in [-0.3, -0.25) is 4.79 Å². The second kappa shape index (κ2) is 8.03. The molecule has 0 bridgehead atoms. The van der Waals surface area contributed by atoms with Crippen LogP contribution in [-0.2, 0) is 11.2 Å². The van der Waals surface area contributed by atoms with Crippen LogP contribution in [0.3, 0.4) is 0 Å². The van der Waals surface area contributed by atoms with E-state index in [0.29, 0.717) is 6.42 Å². The van der Waals surface area contributed by atoms with E-state index < -0.39 is 0 Å². The Bertz CT molecular complexity index is 499. The smallest absolute Gasteiger partial charge is 0.222 e. The van der Waals surface area contributed by atoms with Gasteiger partial charge < -0.3 is 19.7 Å². The van der Waals surface area contributed by atoms with E-state index in [9.17, 15) is 4.79 Å². The number of piperazine rings is 1. The summed E-state index contributed by atoms with van der Waals surface area (Å²) in [6.45, 7) is 5.52. The van der Waals surface area contributed by atoms with E-state index in [2.05, 4.69) is 12.2 Å². The van der Waals surface area contributed by atoms with Crippen molar-refractivity contribution in [2.24, 2.45) is 5.92 Å². The number of methoxy groups -OCH3 is 2. The lowest BCUT2D eigenvalue weighted by atomic mass is 9.96. The number of benzene rings is 1. The molecule has 0 aromatic heterocycles. The first-order chi connectivity index (χ1) is 10.6. The molecule has 2 rings (SSSR count). The van der Waals surface area contributed by atoms with Gasteiger partial charge in [0.05, 0.1) is 14.2 Å². The number of rotatable bonds is 6. The molecule has 122 valence electrons. The molecule has 1 N–H and O–H groups in total. The van der Waals surface area contributed by atoms with E-state index in [1.165, 1.54) is 0 Å². The molecule has 1 aromatic carbocycles. The minimum atomic E-state index is 0.246. The zero-order valence-electron chi connectivity index (χ0n) is 13.7. The molecular formula is C17H26N2O3. The summed E-state index contributed by atoms with van der Waals surface area (Å²) < 4.78 is 10.7. The third-order valence-electron chi connectivity index (χ3n) is 4.05. The molecule has 1 aliphatic heterocycles. The number of carbonyl (C=O) groups is 1. The fourth-order valence-corrected chi connectivity index (χ4v) is 2.83. The van der Waals surface area contributed by atoms with Gasteiger partial charge in [0.15, 0.2) is 0 Å². The Hall–Kier alpha value is -1.75. The maximum absolute atomic E-state index is 12.3. The van der Waals surface area contributed by atoms with Gasteiger partial charge in [-0.25, -0.2) is 0 Å². The monoisotopic (exact) mass is 306 g/mol. The average molecular weight is 306 g/mol. The molecule has 1 saturated heterocycles. The Labute approximate surface area is 132 Å². The summed E-state index contributed by atoms with van der Waals surface area (Å²) >= 11 is 0. The molecule has 1 atom stereocenters. The van der Waals surface area contributed by atoms with Crippen LogP contribution in [0.25, 0.3) is 0 Å². The molecule has 1 fully saturated rings. The largest absolute Gasteiger partial charge is 0.497 e. The highest BCUT2D eigenvalue weighted by molar-refractivity contribution is 5.76. The first-order valence-corrected chi connectivity index (χ1v) is 7.83. The minimum absolute atomic E-state index is 0.246. The first-order valence-electron chi connectivity index (χ1n) is 7.83. The van der Waals surface area contributed by atoms with Crippen molar-refractivity contribution in [3.63, 3.8) is 0 Å². The van der Waals surface area contributed by atoms with Gasteiger partial charge in [0.25, 0.3) is 0 Å². The summed E-state index contributed by atoms with van der Waals surface area (Å²) in [5.74, 6) is 2.18. The molecule has 1 amide bonds. The summed E-state index contributed by atoms with van der Waals surface area (Å²) in [5.41, 5.74) is 1.09. The van der Waals surface area contributed by atoms with Crippen molar-refractivity contribution in [1.29, 1.82) is 0 Å². The van der Waals surface area contributed by atoms with E-state index in [1.54, 1.807) is 14.2 Å². The van der Waals surface area contributed by atoms with E-state index in [-0.39, 0.29) is 11.8 Å². The predicted molar refractivity (Wildman–Crippen MR) is 86.5 cm³/mol. The highest BCUT2D eigenvalue weighted by atomic mass is 16.5. The maximum Gasteiger partial charge on any atom is 0.222 e. The van der Waals surface area contributed by atoms with Crippen molar-refractivity contribution in [3.05, 3.63) is 23.8 Å². The Morgan fingerprint density at radius 2 is 2.00 bits per heavy atom. The number of hydrogen-bond donors (Lipinski definition) is 1. The van der Waals surface area contributed by atoms with Crippen LogP contribution in [0.15, 0.2) is 18.2 Å². The summed E-state index contributed by atoms with van der Waals surface area (Å²) in [6.07, 6.45) is 1.37. The van der Waals surface area contributed by atoms with Gasteiger partial charge in [0.1, 0.15) is 11.5 Å². The summed E-state index contributed by atoms with van der Waals surface area (Å²) in [7, 11) is 3.32. The lowest BCUT2D eigenvalue weighted by Gasteiger charge is -2.28. The van der Waals surface area contributed by atoms with Crippen LogP contribution in [0.5, 0.6) is 11.5 Å². The molecule has 0 spiro atoms. The van der Waals surface area contributed by atoms with Crippen molar-refractivity contribution < 1.29 is 14.3 Å². The second-order valence-corrected chi connectivity index (χ2v) is 5.82. The minimum Gasteiger partial charge on any atom is -0.497 e. The van der Waals surface area contributed by atoms with Gasteiger partial charge in [-0.05, 0) is 36.1 Å². The number of carbonyl (C=O) groups excluding carboxylic acids is 1. The Morgan fingerprint density at radius 3 is 2.64 bits per heavy atom. The SMILES string of the molecule is COc1ccc(OC)c(CC(C)CC(=O)N2CCNCC2)c1. The second-order valence-electron chi connectivity index (χ2n) is 5.82. The van der Waals surface area contributed by atoms with E-state index in [1.807, 2.05) is 23.1 Å². The number of hydrogen-bond acceptors (Lipinski definition) is 4. The van der Waals surface area contributed by atoms with Crippen LogP contribution in [0, 0.1) is 5.92 Å². The summed E-state index contributed by atoms with van der Waals surface area (Å²) in [5, 5.41) is 3.27. The fourth-order valence-electron chi connectivity index (χ4n) is 2.83. The normalized spacial score (nSPS) is 16.2. The van der Waals surface area contributed by atoms with Crippen LogP contribution >= 0.6 is 0 Å². The molecule has 1 unspecified atom stereocenters. The van der Waals surface area contributed by atoms with Crippen molar-refractivity contribution in [3.8, 4) is 11.5 Å². The quantitative estimate of drug-likeness (QED) is 0.869. The topological polar surface area (TPSA) is 50.8 Å². The van der Waals surface area contributed by atoms with Crippen molar-refractivity contribution in [2.75, 3.05) is 40.4 Å². The van der Waals surface area contributed by atoms with Gasteiger partial charge in [-0.1, -0.05) is 6.92 Å². The zero-order valence-corrected chi connectivity index (χ0v) is 13.7. The van der Waals surface area contributed by atoms with E-state index in [0.717, 1.165) is 49.7 Å². The molecule has 22 heavy (non-hydrogen) atoms. The van der Waals surface area contributed by atoms with Crippen LogP contribution in [0.2, 0.25) is 0 Å². The van der Waals surface area contributed by atoms with Gasteiger partial charge in [0.2, 0.25) is 5.91 Å². The molecule has 5 heteroatoms. The average Bonchev–Trinajstić information content (AvgIpc) is 2.55. The standard InChI is InChI=1S/C17H26N2O3/c1-13(11-17(20)19-8-6-18-7-9-19)10-14-12-15(21-2)4-5-16(14)22-3/h4-5,12-13,18H,6-11H2,1-3H3. The van der Waals surface area contributed by atoms with Crippen LogP contribution in [-0.4, -0.2) is 51.2 Å². The third kappa shape index (κ3) is 4.37. The van der Waals surface area contributed by atoms with E-state index in [4.69, 9.17) is 9.47 Å². The molecular weight excluding hydrogens is 280 g/mol. The van der Waals surface area contributed by atoms with Crippen molar-refractivity contribution >= 4 is 5.91 Å². The van der Waals surface area contributed by atoms with Gasteiger partial charge >= 0.3 is 0 Å². The maximum atomic E-state index is 12.3. The highest BCUT2D eigenvalue weighted by Crippen LogP contribution is 2.27. The lowest BCUT2D eigenvalue weighted by Crippen LogP contribution is -2.46. The number of nitrogens with zero attached hydrogens (tertiary/aromatic N) is 1. The zero-order chi connectivity index (χ0) is 15.9. The van der Waals surface area contributed by atoms with Crippen molar-refractivity contribution in [1.82, 2.24) is 10.2 Å². The third-order valence-corrected chi connectivity index (χ3v) is 4.05. The number of amides is 1. The Kier molecular flexibility index (Phi) is 6.07. The Balaban J connectivity index is 1.95. The van der Waals surface area contributed by atoms with Crippen LogP contribution in [0.4, 0.5) is 0 Å². The lowest BCUT2D eigenvalue weighted by molar-refractivity contribution is -0.132. The summed E-state index contributed by atoms with van der Waals surface area (Å²) in [6, 6.07) is 5.79. The number of ether oxygens (including phenoxy) is 2. The number of nitrogens with one attached hydrogen (secondary N) is 1. The highest BCUT2D eigenvalue weighted by Gasteiger charge is 2.19. The van der Waals surface area contributed by atoms with E-state index >= 15 is 0 Å². The van der Waals surface area contributed by atoms with Crippen LogP contribution in [0.1, 0.15) is 18.9 Å². The molecule has 0 aliphatic carbocycles. The molecule has 1 heterocycles.